The smallest absolute Gasteiger partial charge is 0.234 e. The highest BCUT2D eigenvalue weighted by Crippen LogP contribution is 2.35. The molecule has 2 fully saturated rings. The maximum absolute atomic E-state index is 12.0. The van der Waals surface area contributed by atoms with Crippen molar-refractivity contribution in [2.24, 2.45) is 11.7 Å². The van der Waals surface area contributed by atoms with E-state index in [2.05, 4.69) is 24.1 Å². The summed E-state index contributed by atoms with van der Waals surface area (Å²) >= 11 is 0. The van der Waals surface area contributed by atoms with Gasteiger partial charge in [-0.2, -0.15) is 0 Å². The summed E-state index contributed by atoms with van der Waals surface area (Å²) in [6.07, 6.45) is 7.04. The third kappa shape index (κ3) is 3.69. The Morgan fingerprint density at radius 2 is 1.95 bits per heavy atom. The average Bonchev–Trinajstić information content (AvgIpc) is 3.21. The standard InChI is InChI=1S/C15H29N3O/c1-3-18(10-14(19)17-13-4-5-13)15(11-16)8-6-12(2)7-9-15/h12-13H,3-11,16H2,1-2H3,(H,17,19). The lowest BCUT2D eigenvalue weighted by atomic mass is 9.76. The highest BCUT2D eigenvalue weighted by atomic mass is 16.2. The van der Waals surface area contributed by atoms with Crippen molar-refractivity contribution in [3.8, 4) is 0 Å². The first-order valence-electron chi connectivity index (χ1n) is 7.84. The van der Waals surface area contributed by atoms with E-state index in [0.717, 1.165) is 38.1 Å². The van der Waals surface area contributed by atoms with E-state index >= 15 is 0 Å². The predicted octanol–water partition coefficient (Wildman–Crippen LogP) is 1.49. The molecule has 0 unspecified atom stereocenters. The summed E-state index contributed by atoms with van der Waals surface area (Å²) in [4.78, 5) is 14.4. The largest absolute Gasteiger partial charge is 0.352 e. The Morgan fingerprint density at radius 3 is 2.42 bits per heavy atom. The van der Waals surface area contributed by atoms with Crippen LogP contribution in [0.4, 0.5) is 0 Å². The maximum Gasteiger partial charge on any atom is 0.234 e. The van der Waals surface area contributed by atoms with Gasteiger partial charge in [0.15, 0.2) is 0 Å². The number of likely N-dealkylation sites (N-methyl/N-ethyl adjacent to an activating group) is 1. The monoisotopic (exact) mass is 267 g/mol. The Hall–Kier alpha value is -0.610. The lowest BCUT2D eigenvalue weighted by Crippen LogP contribution is -2.58. The molecular formula is C15H29N3O. The third-order valence-electron chi connectivity index (χ3n) is 4.91. The van der Waals surface area contributed by atoms with Crippen LogP contribution in [0.1, 0.15) is 52.4 Å². The minimum absolute atomic E-state index is 0.0577. The van der Waals surface area contributed by atoms with Crippen molar-refractivity contribution in [1.82, 2.24) is 10.2 Å². The van der Waals surface area contributed by atoms with E-state index in [1.807, 2.05) is 0 Å². The summed E-state index contributed by atoms with van der Waals surface area (Å²) in [6, 6.07) is 0.450. The van der Waals surface area contributed by atoms with Crippen molar-refractivity contribution in [3.63, 3.8) is 0 Å². The van der Waals surface area contributed by atoms with Gasteiger partial charge in [0.2, 0.25) is 5.91 Å². The van der Waals surface area contributed by atoms with E-state index in [1.165, 1.54) is 12.8 Å². The average molecular weight is 267 g/mol. The van der Waals surface area contributed by atoms with Crippen LogP contribution < -0.4 is 11.1 Å². The third-order valence-corrected chi connectivity index (χ3v) is 4.91. The first kappa shape index (κ1) is 14.8. The fourth-order valence-electron chi connectivity index (χ4n) is 3.24. The van der Waals surface area contributed by atoms with E-state index in [4.69, 9.17) is 5.73 Å². The molecule has 0 aliphatic heterocycles. The van der Waals surface area contributed by atoms with Gasteiger partial charge in [0, 0.05) is 18.1 Å². The van der Waals surface area contributed by atoms with Gasteiger partial charge in [-0.1, -0.05) is 13.8 Å². The van der Waals surface area contributed by atoms with Gasteiger partial charge in [0.05, 0.1) is 6.54 Å². The summed E-state index contributed by atoms with van der Waals surface area (Å²) in [5, 5.41) is 3.09. The van der Waals surface area contributed by atoms with E-state index in [9.17, 15) is 4.79 Å². The molecule has 0 aromatic rings. The van der Waals surface area contributed by atoms with Gasteiger partial charge in [-0.25, -0.2) is 0 Å². The number of nitrogens with one attached hydrogen (secondary N) is 1. The molecule has 4 nitrogen and oxygen atoms in total. The Bertz CT molecular complexity index is 307. The van der Waals surface area contributed by atoms with Crippen molar-refractivity contribution in [2.75, 3.05) is 19.6 Å². The Kier molecular flexibility index (Phi) is 4.85. The molecule has 0 aromatic heterocycles. The fraction of sp³-hybridized carbons (Fsp3) is 0.933. The number of nitrogens with two attached hydrogens (primary N) is 1. The first-order valence-corrected chi connectivity index (χ1v) is 7.84. The minimum atomic E-state index is 0.0577. The van der Waals surface area contributed by atoms with Crippen LogP contribution in [0.3, 0.4) is 0 Å². The number of carbonyl (C=O) groups is 1. The fourth-order valence-corrected chi connectivity index (χ4v) is 3.24. The second kappa shape index (κ2) is 6.23. The summed E-state index contributed by atoms with van der Waals surface area (Å²) in [5.41, 5.74) is 6.13. The number of amides is 1. The highest BCUT2D eigenvalue weighted by molar-refractivity contribution is 5.78. The molecule has 0 atom stereocenters. The summed E-state index contributed by atoms with van der Waals surface area (Å²) < 4.78 is 0. The van der Waals surface area contributed by atoms with Crippen molar-refractivity contribution >= 4 is 5.91 Å². The van der Waals surface area contributed by atoms with Crippen LogP contribution in [0.25, 0.3) is 0 Å². The van der Waals surface area contributed by atoms with E-state index < -0.39 is 0 Å². The lowest BCUT2D eigenvalue weighted by Gasteiger charge is -2.46. The zero-order valence-electron chi connectivity index (χ0n) is 12.5. The van der Waals surface area contributed by atoms with Gasteiger partial charge in [-0.15, -0.1) is 0 Å². The van der Waals surface area contributed by atoms with E-state index in [1.54, 1.807) is 0 Å². The number of nitrogens with zero attached hydrogens (tertiary/aromatic N) is 1. The van der Waals surface area contributed by atoms with Crippen molar-refractivity contribution < 1.29 is 4.79 Å². The first-order chi connectivity index (χ1) is 9.09. The van der Waals surface area contributed by atoms with Crippen LogP contribution in [0, 0.1) is 5.92 Å². The topological polar surface area (TPSA) is 58.4 Å². The molecule has 110 valence electrons. The molecule has 2 aliphatic rings. The summed E-state index contributed by atoms with van der Waals surface area (Å²) in [6.45, 7) is 6.54. The molecule has 0 bridgehead atoms. The molecule has 1 amide bonds. The molecule has 0 spiro atoms. The van der Waals surface area contributed by atoms with Gasteiger partial charge >= 0.3 is 0 Å². The van der Waals surface area contributed by atoms with Gasteiger partial charge < -0.3 is 11.1 Å². The molecule has 0 heterocycles. The zero-order valence-corrected chi connectivity index (χ0v) is 12.5. The van der Waals surface area contributed by atoms with Gasteiger partial charge in [-0.05, 0) is 51.0 Å². The highest BCUT2D eigenvalue weighted by Gasteiger charge is 2.38. The molecular weight excluding hydrogens is 238 g/mol. The maximum atomic E-state index is 12.0. The Balaban J connectivity index is 1.94. The number of hydrogen-bond donors (Lipinski definition) is 2. The van der Waals surface area contributed by atoms with Crippen molar-refractivity contribution in [2.45, 2.75) is 64.0 Å². The van der Waals surface area contributed by atoms with Gasteiger partial charge in [-0.3, -0.25) is 9.69 Å². The lowest BCUT2D eigenvalue weighted by molar-refractivity contribution is -0.124. The van der Waals surface area contributed by atoms with E-state index in [0.29, 0.717) is 19.1 Å². The van der Waals surface area contributed by atoms with Crippen molar-refractivity contribution in [1.29, 1.82) is 0 Å². The van der Waals surface area contributed by atoms with Crippen LogP contribution in [-0.2, 0) is 4.79 Å². The molecule has 2 saturated carbocycles. The molecule has 0 saturated heterocycles. The van der Waals surface area contributed by atoms with Crippen LogP contribution in [-0.4, -0.2) is 42.0 Å². The quantitative estimate of drug-likeness (QED) is 0.766. The molecule has 2 rings (SSSR count). The second-order valence-electron chi connectivity index (χ2n) is 6.47. The summed E-state index contributed by atoms with van der Waals surface area (Å²) in [7, 11) is 0. The number of carbonyl (C=O) groups excluding carboxylic acids is 1. The van der Waals surface area contributed by atoms with E-state index in [-0.39, 0.29) is 11.4 Å². The van der Waals surface area contributed by atoms with Crippen molar-refractivity contribution in [3.05, 3.63) is 0 Å². The Morgan fingerprint density at radius 1 is 1.32 bits per heavy atom. The molecule has 3 N–H and O–H groups in total. The minimum Gasteiger partial charge on any atom is -0.352 e. The molecule has 0 radical (unpaired) electrons. The Labute approximate surface area is 117 Å². The van der Waals surface area contributed by atoms with Crippen LogP contribution in [0.5, 0.6) is 0 Å². The van der Waals surface area contributed by atoms with Gasteiger partial charge in [0.25, 0.3) is 0 Å². The molecule has 0 aromatic carbocycles. The van der Waals surface area contributed by atoms with Gasteiger partial charge in [0.1, 0.15) is 0 Å². The zero-order chi connectivity index (χ0) is 13.9. The molecule has 19 heavy (non-hydrogen) atoms. The normalized spacial score (nSPS) is 31.5. The number of hydrogen-bond acceptors (Lipinski definition) is 3. The van der Waals surface area contributed by atoms with Crippen LogP contribution >= 0.6 is 0 Å². The predicted molar refractivity (Wildman–Crippen MR) is 77.8 cm³/mol. The number of rotatable bonds is 6. The van der Waals surface area contributed by atoms with Crippen LogP contribution in [0.2, 0.25) is 0 Å². The second-order valence-corrected chi connectivity index (χ2v) is 6.47. The molecule has 4 heteroatoms. The van der Waals surface area contributed by atoms with Crippen LogP contribution in [0.15, 0.2) is 0 Å². The SMILES string of the molecule is CCN(CC(=O)NC1CC1)C1(CN)CCC(C)CC1. The molecule has 2 aliphatic carbocycles. The summed E-state index contributed by atoms with van der Waals surface area (Å²) in [5.74, 6) is 0.981.